The summed E-state index contributed by atoms with van der Waals surface area (Å²) < 4.78 is 5.32. The van der Waals surface area contributed by atoms with Gasteiger partial charge in [0.2, 0.25) is 0 Å². The Hall–Kier alpha value is -3.67. The number of aromatic nitrogens is 1. The zero-order valence-electron chi connectivity index (χ0n) is 20.7. The molecule has 1 heterocycles. The number of benzene rings is 2. The van der Waals surface area contributed by atoms with E-state index in [1.165, 1.54) is 0 Å². The fourth-order valence-corrected chi connectivity index (χ4v) is 4.55. The summed E-state index contributed by atoms with van der Waals surface area (Å²) in [5, 5.41) is 9.02. The van der Waals surface area contributed by atoms with Crippen molar-refractivity contribution in [3.05, 3.63) is 77.1 Å². The van der Waals surface area contributed by atoms with E-state index in [2.05, 4.69) is 35.8 Å². The maximum absolute atomic E-state index is 12.7. The molecule has 0 aliphatic heterocycles. The minimum Gasteiger partial charge on any atom is -0.464 e. The third-order valence-corrected chi connectivity index (χ3v) is 6.39. The summed E-state index contributed by atoms with van der Waals surface area (Å²) in [6, 6.07) is 17.8. The minimum atomic E-state index is -0.539. The van der Waals surface area contributed by atoms with E-state index >= 15 is 0 Å². The Balaban J connectivity index is 1.52. The highest BCUT2D eigenvalue weighted by Gasteiger charge is 2.27. The monoisotopic (exact) mass is 471 g/mol. The van der Waals surface area contributed by atoms with Crippen molar-refractivity contribution >= 4 is 34.0 Å². The molecule has 1 aromatic heterocycles. The molecule has 0 bridgehead atoms. The number of Topliss-reactive ketones (excluding diaryl/α,β-unsaturated/α-hetero) is 1. The summed E-state index contributed by atoms with van der Waals surface area (Å²) in [7, 11) is 0. The molecule has 2 aromatic carbocycles. The number of nitrogens with zero attached hydrogens (tertiary/aromatic N) is 1. The number of pyridine rings is 1. The number of ketones is 1. The minimum absolute atomic E-state index is 0.168. The molecule has 6 heteroatoms. The Kier molecular flexibility index (Phi) is 7.80. The quantitative estimate of drug-likeness (QED) is 0.373. The number of rotatable bonds is 10. The van der Waals surface area contributed by atoms with Crippen LogP contribution in [0.25, 0.3) is 10.8 Å². The maximum atomic E-state index is 12.7. The number of hydrogen-bond acceptors (Lipinski definition) is 6. The van der Waals surface area contributed by atoms with Crippen molar-refractivity contribution in [2.24, 2.45) is 0 Å². The standard InChI is InChI=1S/C29H33N3O3/c1-4-21-18-20-9-7-8-10-24(20)28(30-21)31-22-13-11-19(12-14-22)17-26(29(34)35-6-3)32-25-15-16-27(33)23(25)5-2/h7-14,18,26,32H,4-6,15-17H2,1-3H3,(H,30,31). The van der Waals surface area contributed by atoms with E-state index in [9.17, 15) is 9.59 Å². The molecule has 1 aliphatic rings. The molecule has 4 rings (SSSR count). The van der Waals surface area contributed by atoms with Gasteiger partial charge in [0.05, 0.1) is 6.61 Å². The van der Waals surface area contributed by atoms with E-state index in [4.69, 9.17) is 9.72 Å². The summed E-state index contributed by atoms with van der Waals surface area (Å²) in [5.74, 6) is 0.703. The molecule has 3 aromatic rings. The second-order valence-electron chi connectivity index (χ2n) is 8.75. The first kappa shape index (κ1) is 24.5. The van der Waals surface area contributed by atoms with E-state index in [-0.39, 0.29) is 11.8 Å². The van der Waals surface area contributed by atoms with Gasteiger partial charge < -0.3 is 15.4 Å². The Morgan fingerprint density at radius 1 is 1.03 bits per heavy atom. The van der Waals surface area contributed by atoms with E-state index in [0.717, 1.165) is 51.2 Å². The second kappa shape index (κ2) is 11.2. The van der Waals surface area contributed by atoms with Gasteiger partial charge in [0, 0.05) is 40.9 Å². The van der Waals surface area contributed by atoms with Crippen LogP contribution < -0.4 is 10.6 Å². The summed E-state index contributed by atoms with van der Waals surface area (Å²) in [4.78, 5) is 29.6. The summed E-state index contributed by atoms with van der Waals surface area (Å²) in [6.07, 6.45) is 3.16. The molecule has 1 aliphatic carbocycles. The normalized spacial score (nSPS) is 14.3. The van der Waals surface area contributed by atoms with Gasteiger partial charge in [-0.25, -0.2) is 9.78 Å². The molecule has 1 unspecified atom stereocenters. The topological polar surface area (TPSA) is 80.3 Å². The molecule has 2 N–H and O–H groups in total. The number of allylic oxidation sites excluding steroid dienone is 2. The predicted molar refractivity (Wildman–Crippen MR) is 140 cm³/mol. The van der Waals surface area contributed by atoms with Crippen LogP contribution in [0.1, 0.15) is 51.3 Å². The highest BCUT2D eigenvalue weighted by Crippen LogP contribution is 2.27. The smallest absolute Gasteiger partial charge is 0.328 e. The summed E-state index contributed by atoms with van der Waals surface area (Å²) in [5.41, 5.74) is 4.65. The number of aryl methyl sites for hydroxylation is 1. The van der Waals surface area contributed by atoms with Crippen molar-refractivity contribution in [1.29, 1.82) is 0 Å². The lowest BCUT2D eigenvalue weighted by Crippen LogP contribution is -2.39. The molecule has 35 heavy (non-hydrogen) atoms. The Bertz CT molecular complexity index is 1250. The van der Waals surface area contributed by atoms with Gasteiger partial charge in [-0.15, -0.1) is 0 Å². The first-order chi connectivity index (χ1) is 17.0. The van der Waals surface area contributed by atoms with Crippen LogP contribution in [0.4, 0.5) is 11.5 Å². The Morgan fingerprint density at radius 2 is 1.80 bits per heavy atom. The first-order valence-corrected chi connectivity index (χ1v) is 12.4. The maximum Gasteiger partial charge on any atom is 0.328 e. The highest BCUT2D eigenvalue weighted by atomic mass is 16.5. The largest absolute Gasteiger partial charge is 0.464 e. The van der Waals surface area contributed by atoms with Crippen LogP contribution >= 0.6 is 0 Å². The number of fused-ring (bicyclic) bond motifs is 1. The van der Waals surface area contributed by atoms with Crippen molar-refractivity contribution < 1.29 is 14.3 Å². The van der Waals surface area contributed by atoms with Gasteiger partial charge in [-0.3, -0.25) is 4.79 Å². The van der Waals surface area contributed by atoms with Crippen molar-refractivity contribution in [2.75, 3.05) is 11.9 Å². The predicted octanol–water partition coefficient (Wildman–Crippen LogP) is 5.63. The zero-order valence-corrected chi connectivity index (χ0v) is 20.7. The fraction of sp³-hybridized carbons (Fsp3) is 0.345. The van der Waals surface area contributed by atoms with E-state index in [0.29, 0.717) is 32.3 Å². The number of carbonyl (C=O) groups is 2. The third kappa shape index (κ3) is 5.70. The first-order valence-electron chi connectivity index (χ1n) is 12.4. The third-order valence-electron chi connectivity index (χ3n) is 6.39. The molecule has 182 valence electrons. The lowest BCUT2D eigenvalue weighted by Gasteiger charge is -2.20. The Labute approximate surface area is 206 Å². The number of hydrogen-bond donors (Lipinski definition) is 2. The average Bonchev–Trinajstić information content (AvgIpc) is 3.23. The molecule has 0 amide bonds. The van der Waals surface area contributed by atoms with E-state index in [1.807, 2.05) is 43.3 Å². The van der Waals surface area contributed by atoms with Gasteiger partial charge >= 0.3 is 5.97 Å². The molecular weight excluding hydrogens is 438 g/mol. The number of nitrogens with one attached hydrogen (secondary N) is 2. The van der Waals surface area contributed by atoms with Gasteiger partial charge in [0.15, 0.2) is 5.78 Å². The lowest BCUT2D eigenvalue weighted by molar-refractivity contribution is -0.145. The molecular formula is C29H33N3O3. The van der Waals surface area contributed by atoms with Gasteiger partial charge in [0.1, 0.15) is 11.9 Å². The van der Waals surface area contributed by atoms with Crippen LogP contribution in [0.5, 0.6) is 0 Å². The number of carbonyl (C=O) groups excluding carboxylic acids is 2. The molecule has 0 spiro atoms. The van der Waals surface area contributed by atoms with Crippen molar-refractivity contribution in [1.82, 2.24) is 10.3 Å². The van der Waals surface area contributed by atoms with Crippen molar-refractivity contribution in [3.63, 3.8) is 0 Å². The van der Waals surface area contributed by atoms with Crippen LogP contribution in [-0.2, 0) is 27.2 Å². The SMILES string of the molecule is CCOC(=O)C(Cc1ccc(Nc2nc(CC)cc3ccccc23)cc1)NC1=C(CC)C(=O)CC1. The molecule has 0 saturated heterocycles. The summed E-state index contributed by atoms with van der Waals surface area (Å²) in [6.45, 7) is 6.19. The Morgan fingerprint density at radius 3 is 2.51 bits per heavy atom. The number of anilines is 2. The number of ether oxygens (including phenoxy) is 1. The molecule has 0 fully saturated rings. The van der Waals surface area contributed by atoms with Gasteiger partial charge in [-0.1, -0.05) is 50.2 Å². The summed E-state index contributed by atoms with van der Waals surface area (Å²) >= 11 is 0. The van der Waals surface area contributed by atoms with Crippen molar-refractivity contribution in [3.8, 4) is 0 Å². The van der Waals surface area contributed by atoms with Crippen LogP contribution in [0.15, 0.2) is 65.9 Å². The molecule has 1 atom stereocenters. The second-order valence-corrected chi connectivity index (χ2v) is 8.75. The van der Waals surface area contributed by atoms with Crippen LogP contribution in [0.2, 0.25) is 0 Å². The lowest BCUT2D eigenvalue weighted by atomic mass is 10.0. The highest BCUT2D eigenvalue weighted by molar-refractivity contribution is 5.98. The van der Waals surface area contributed by atoms with Gasteiger partial charge in [-0.05, 0) is 55.3 Å². The zero-order chi connectivity index (χ0) is 24.8. The van der Waals surface area contributed by atoms with E-state index < -0.39 is 6.04 Å². The van der Waals surface area contributed by atoms with Gasteiger partial charge in [-0.2, -0.15) is 0 Å². The van der Waals surface area contributed by atoms with Crippen molar-refractivity contribution in [2.45, 2.75) is 58.9 Å². The van der Waals surface area contributed by atoms with Crippen LogP contribution in [-0.4, -0.2) is 29.4 Å². The van der Waals surface area contributed by atoms with Gasteiger partial charge in [0.25, 0.3) is 0 Å². The molecule has 6 nitrogen and oxygen atoms in total. The number of esters is 1. The van der Waals surface area contributed by atoms with Crippen LogP contribution in [0.3, 0.4) is 0 Å². The average molecular weight is 472 g/mol. The molecule has 0 radical (unpaired) electrons. The van der Waals surface area contributed by atoms with E-state index in [1.54, 1.807) is 6.92 Å². The van der Waals surface area contributed by atoms with Crippen LogP contribution in [0, 0.1) is 0 Å². The fourth-order valence-electron chi connectivity index (χ4n) is 4.55. The molecule has 0 saturated carbocycles.